The number of unbranched alkanes of at least 4 members (excludes halogenated alkanes) is 2. The largest absolute Gasteiger partial charge is 0.463 e. The molecule has 1 rings (SSSR count). The van der Waals surface area contributed by atoms with Crippen molar-refractivity contribution in [2.24, 2.45) is 0 Å². The molecule has 1 fully saturated rings. The summed E-state index contributed by atoms with van der Waals surface area (Å²) in [4.78, 5) is 12.9. The molecule has 0 amide bonds. The van der Waals surface area contributed by atoms with Crippen LogP contribution in [0, 0.1) is 5.41 Å². The lowest BCUT2D eigenvalue weighted by Gasteiger charge is -2.52. The van der Waals surface area contributed by atoms with Crippen molar-refractivity contribution in [3.05, 3.63) is 0 Å². The monoisotopic (exact) mass is 763 g/mol. The van der Waals surface area contributed by atoms with Gasteiger partial charge in [0, 0.05) is 6.42 Å². The molecule has 0 aromatic carbocycles. The maximum atomic E-state index is 12.9. The molecule has 0 aromatic heterocycles. The summed E-state index contributed by atoms with van der Waals surface area (Å²) in [7, 11) is -6.84. The number of alkyl halides is 3. The van der Waals surface area contributed by atoms with Crippen LogP contribution in [0.1, 0.15) is 94.9 Å². The summed E-state index contributed by atoms with van der Waals surface area (Å²) in [6.07, 6.45) is -0.705. The zero-order chi connectivity index (χ0) is 35.2. The number of nitrogens with one attached hydrogen (secondary N) is 1. The smallest absolute Gasteiger partial charge is 0.305 e. The molecular weight excluding hydrogens is 701 g/mol. The van der Waals surface area contributed by atoms with Crippen LogP contribution < -0.4 is 0 Å². The molecule has 0 bridgehead atoms. The second kappa shape index (κ2) is 20.8. The zero-order valence-electron chi connectivity index (χ0n) is 30.3. The number of esters is 1. The van der Waals surface area contributed by atoms with Gasteiger partial charge in [-0.3, -0.25) is 10.2 Å². The molecule has 1 saturated heterocycles. The summed E-state index contributed by atoms with van der Waals surface area (Å²) in [6.45, 7) is 21.7. The third-order valence-electron chi connectivity index (χ3n) is 10.4. The summed E-state index contributed by atoms with van der Waals surface area (Å²) < 4.78 is 38.4. The SMILES string of the molecule is CCCCCC(=O)OC[C@H]1OC(OC(=N)C(Cl)(Cl)Cl)[C@H](O[Si](CC)(CC)CC)[C@@H](O[Si](CC)(CC)CC)[C@@H]1O[Si](CC)(CC)CC. The summed E-state index contributed by atoms with van der Waals surface area (Å²) in [5.74, 6) is -0.845. The molecule has 1 aliphatic heterocycles. The Morgan fingerprint density at radius 2 is 1.09 bits per heavy atom. The minimum Gasteiger partial charge on any atom is -0.463 e. The van der Waals surface area contributed by atoms with E-state index in [1.165, 1.54) is 0 Å². The average Bonchev–Trinajstić information content (AvgIpc) is 3.05. The van der Waals surface area contributed by atoms with Crippen LogP contribution in [0.15, 0.2) is 0 Å². The van der Waals surface area contributed by atoms with Gasteiger partial charge in [0.25, 0.3) is 3.79 Å². The number of carbonyl (C=O) groups excluding carboxylic acids is 1. The normalized spacial score (nSPS) is 22.9. The van der Waals surface area contributed by atoms with Gasteiger partial charge < -0.3 is 27.5 Å². The molecule has 1 N–H and O–H groups in total. The van der Waals surface area contributed by atoms with Crippen LogP contribution in [-0.2, 0) is 32.3 Å². The highest BCUT2D eigenvalue weighted by atomic mass is 35.6. The fourth-order valence-corrected chi connectivity index (χ4v) is 15.0. The van der Waals surface area contributed by atoms with Crippen LogP contribution >= 0.6 is 34.8 Å². The summed E-state index contributed by atoms with van der Waals surface area (Å²) in [6, 6.07) is 8.17. The van der Waals surface area contributed by atoms with E-state index in [-0.39, 0.29) is 12.6 Å². The first-order chi connectivity index (χ1) is 21.7. The van der Waals surface area contributed by atoms with Crippen molar-refractivity contribution in [2.75, 3.05) is 6.61 Å². The second-order valence-corrected chi connectivity index (χ2v) is 29.1. The Bertz CT molecular complexity index is 878. The summed E-state index contributed by atoms with van der Waals surface area (Å²) in [5, 5.41) is 8.52. The molecule has 0 saturated carbocycles. The van der Waals surface area contributed by atoms with E-state index in [4.69, 9.17) is 67.7 Å². The number of carbonyl (C=O) groups is 1. The highest BCUT2D eigenvalue weighted by molar-refractivity contribution is 6.76. The minimum absolute atomic E-state index is 0.0401. The van der Waals surface area contributed by atoms with Crippen molar-refractivity contribution in [2.45, 2.75) is 184 Å². The van der Waals surface area contributed by atoms with E-state index >= 15 is 0 Å². The van der Waals surface area contributed by atoms with Gasteiger partial charge >= 0.3 is 5.97 Å². The van der Waals surface area contributed by atoms with Gasteiger partial charge in [0.15, 0.2) is 25.0 Å². The van der Waals surface area contributed by atoms with Gasteiger partial charge in [0.1, 0.15) is 31.0 Å². The standard InChI is InChI=1S/C32H64Cl3NO7Si3/c1-11-21-22-23-26(37)38-24-25-27(41-44(12-2,13-3)14-4)28(42-45(15-5,16-6)17-7)29(43-46(18-8,19-9)20-10)30(39-25)40-31(36)32(33,34)35/h25,27-30,36H,11-24H2,1-10H3/t25-,27-,28+,29-,30?/m1/s1. The Labute approximate surface area is 298 Å². The maximum absolute atomic E-state index is 12.9. The molecule has 14 heteroatoms. The van der Waals surface area contributed by atoms with Gasteiger partial charge in [-0.15, -0.1) is 0 Å². The van der Waals surface area contributed by atoms with E-state index in [1.807, 2.05) is 0 Å². The molecule has 8 nitrogen and oxygen atoms in total. The molecule has 272 valence electrons. The van der Waals surface area contributed by atoms with Gasteiger partial charge in [0.05, 0.1) is 0 Å². The van der Waals surface area contributed by atoms with Gasteiger partial charge in [0.2, 0.25) is 12.2 Å². The lowest BCUT2D eigenvalue weighted by atomic mass is 9.99. The van der Waals surface area contributed by atoms with Crippen LogP contribution in [0.25, 0.3) is 0 Å². The Morgan fingerprint density at radius 1 is 0.674 bits per heavy atom. The number of rotatable bonds is 22. The number of hydrogen-bond acceptors (Lipinski definition) is 8. The third-order valence-corrected chi connectivity index (χ3v) is 24.9. The first-order valence-electron chi connectivity index (χ1n) is 17.8. The van der Waals surface area contributed by atoms with Gasteiger partial charge in [-0.05, 0) is 60.8 Å². The fourth-order valence-electron chi connectivity index (χ4n) is 6.32. The first-order valence-corrected chi connectivity index (χ1v) is 26.6. The van der Waals surface area contributed by atoms with Crippen LogP contribution in [-0.4, -0.2) is 77.9 Å². The van der Waals surface area contributed by atoms with E-state index in [1.54, 1.807) is 0 Å². The topological polar surface area (TPSA) is 96.3 Å². The van der Waals surface area contributed by atoms with E-state index < -0.39 is 65.3 Å². The van der Waals surface area contributed by atoms with E-state index in [9.17, 15) is 4.79 Å². The Morgan fingerprint density at radius 3 is 1.48 bits per heavy atom. The van der Waals surface area contributed by atoms with Gasteiger partial charge in [-0.1, -0.05) is 117 Å². The van der Waals surface area contributed by atoms with Crippen molar-refractivity contribution in [3.63, 3.8) is 0 Å². The van der Waals surface area contributed by atoms with Crippen molar-refractivity contribution in [3.8, 4) is 0 Å². The molecular formula is C32H64Cl3NO7Si3. The van der Waals surface area contributed by atoms with Crippen LogP contribution in [0.5, 0.6) is 0 Å². The molecule has 5 atom stereocenters. The zero-order valence-corrected chi connectivity index (χ0v) is 35.5. The summed E-state index contributed by atoms with van der Waals surface area (Å²) in [5.41, 5.74) is 0. The molecule has 1 heterocycles. The number of hydrogen-bond donors (Lipinski definition) is 1. The number of halogens is 3. The Kier molecular flexibility index (Phi) is 20.1. The molecule has 0 radical (unpaired) electrons. The Balaban J connectivity index is 3.92. The van der Waals surface area contributed by atoms with Gasteiger partial charge in [-0.25, -0.2) is 0 Å². The van der Waals surface area contributed by atoms with Gasteiger partial charge in [-0.2, -0.15) is 0 Å². The first kappa shape index (κ1) is 44.3. The number of ether oxygens (including phenoxy) is 3. The predicted molar refractivity (Wildman–Crippen MR) is 199 cm³/mol. The highest BCUT2D eigenvalue weighted by Gasteiger charge is 2.56. The van der Waals surface area contributed by atoms with Crippen LogP contribution in [0.3, 0.4) is 0 Å². The van der Waals surface area contributed by atoms with E-state index in [0.717, 1.165) is 73.7 Å². The van der Waals surface area contributed by atoms with Crippen molar-refractivity contribution < 1.29 is 32.3 Å². The molecule has 0 aliphatic carbocycles. The molecule has 1 aliphatic rings. The fraction of sp³-hybridized carbons (Fsp3) is 0.938. The van der Waals surface area contributed by atoms with E-state index in [0.29, 0.717) is 6.42 Å². The quantitative estimate of drug-likeness (QED) is 0.0293. The second-order valence-electron chi connectivity index (χ2n) is 12.6. The molecule has 46 heavy (non-hydrogen) atoms. The lowest BCUT2D eigenvalue weighted by molar-refractivity contribution is -0.273. The molecule has 1 unspecified atom stereocenters. The minimum atomic E-state index is -2.31. The van der Waals surface area contributed by atoms with E-state index in [2.05, 4.69) is 69.2 Å². The predicted octanol–water partition coefficient (Wildman–Crippen LogP) is 10.4. The average molecular weight is 765 g/mol. The van der Waals surface area contributed by atoms with Crippen LogP contribution in [0.4, 0.5) is 0 Å². The van der Waals surface area contributed by atoms with Crippen molar-refractivity contribution in [1.82, 2.24) is 0 Å². The van der Waals surface area contributed by atoms with Crippen LogP contribution in [0.2, 0.25) is 54.4 Å². The highest BCUT2D eigenvalue weighted by Crippen LogP contribution is 2.40. The Hall–Kier alpha value is 0.301. The molecule has 0 spiro atoms. The van der Waals surface area contributed by atoms with Crippen molar-refractivity contribution >= 4 is 71.6 Å². The van der Waals surface area contributed by atoms with Crippen molar-refractivity contribution in [1.29, 1.82) is 5.41 Å². The lowest BCUT2D eigenvalue weighted by Crippen LogP contribution is -2.68. The third kappa shape index (κ3) is 12.3. The molecule has 0 aromatic rings. The maximum Gasteiger partial charge on any atom is 0.305 e. The summed E-state index contributed by atoms with van der Waals surface area (Å²) >= 11 is 18.4.